The third-order valence-electron chi connectivity index (χ3n) is 14.4. The molecule has 0 aromatic rings. The van der Waals surface area contributed by atoms with Crippen molar-refractivity contribution in [3.63, 3.8) is 0 Å². The lowest BCUT2D eigenvalue weighted by Gasteiger charge is -2.18. The minimum Gasteiger partial charge on any atom is -0.462 e. The van der Waals surface area contributed by atoms with Crippen molar-refractivity contribution in [1.82, 2.24) is 0 Å². The van der Waals surface area contributed by atoms with E-state index < -0.39 is 6.10 Å². The first-order valence-electron chi connectivity index (χ1n) is 32.0. The molecule has 1 atom stereocenters. The molecule has 0 bridgehead atoms. The van der Waals surface area contributed by atoms with E-state index in [1.165, 1.54) is 244 Å². The van der Waals surface area contributed by atoms with Crippen LogP contribution in [0.15, 0.2) is 36.5 Å². The molecule has 0 aliphatic heterocycles. The number of allylic oxidation sites excluding steroid dienone is 6. The molecule has 0 amide bonds. The van der Waals surface area contributed by atoms with Gasteiger partial charge < -0.3 is 14.2 Å². The van der Waals surface area contributed by atoms with Crippen LogP contribution in [0.3, 0.4) is 0 Å². The zero-order valence-electron chi connectivity index (χ0n) is 48.5. The van der Waals surface area contributed by atoms with Gasteiger partial charge in [0.2, 0.25) is 0 Å². The van der Waals surface area contributed by atoms with Crippen LogP contribution in [0, 0.1) is 0 Å². The first-order chi connectivity index (χ1) is 35.5. The summed E-state index contributed by atoms with van der Waals surface area (Å²) in [4.78, 5) is 38.3. The van der Waals surface area contributed by atoms with Gasteiger partial charge in [-0.15, -0.1) is 0 Å². The largest absolute Gasteiger partial charge is 0.462 e. The van der Waals surface area contributed by atoms with Crippen LogP contribution in [0.4, 0.5) is 0 Å². The van der Waals surface area contributed by atoms with Gasteiger partial charge in [-0.05, 0) is 77.0 Å². The summed E-state index contributed by atoms with van der Waals surface area (Å²) in [5, 5.41) is 0. The zero-order chi connectivity index (χ0) is 52.2. The molecular weight excluding hydrogens is 889 g/mol. The van der Waals surface area contributed by atoms with E-state index in [9.17, 15) is 14.4 Å². The molecule has 0 N–H and O–H groups in total. The first kappa shape index (κ1) is 69.6. The van der Waals surface area contributed by atoms with Crippen LogP contribution in [0.5, 0.6) is 0 Å². The molecule has 0 aromatic carbocycles. The molecule has 0 radical (unpaired) electrons. The van der Waals surface area contributed by atoms with Crippen molar-refractivity contribution >= 4 is 17.9 Å². The molecule has 0 saturated heterocycles. The minimum absolute atomic E-state index is 0.0701. The monoisotopic (exact) mass is 1010 g/mol. The van der Waals surface area contributed by atoms with Gasteiger partial charge in [0, 0.05) is 19.3 Å². The summed E-state index contributed by atoms with van der Waals surface area (Å²) in [5.41, 5.74) is 0. The number of esters is 3. The average Bonchev–Trinajstić information content (AvgIpc) is 3.38. The van der Waals surface area contributed by atoms with Crippen LogP contribution in [0.2, 0.25) is 0 Å². The Morgan fingerprint density at radius 1 is 0.278 bits per heavy atom. The molecule has 0 aliphatic rings. The second kappa shape index (κ2) is 61.2. The van der Waals surface area contributed by atoms with Gasteiger partial charge in [0.15, 0.2) is 6.10 Å². The van der Waals surface area contributed by atoms with Crippen molar-refractivity contribution in [2.45, 2.75) is 354 Å². The second-order valence-corrected chi connectivity index (χ2v) is 21.7. The highest BCUT2D eigenvalue weighted by Gasteiger charge is 2.19. The SMILES string of the molecule is CCCCC/C=C\C/C=C\CCCCCCCCCCCC(=O)OC(COC(=O)CCCCCCCCCCC/C=C\CCCCCCCCCC)COC(=O)CCCCCCCCCCCCCCCC. The smallest absolute Gasteiger partial charge is 0.306 e. The van der Waals surface area contributed by atoms with Crippen molar-refractivity contribution in [1.29, 1.82) is 0 Å². The van der Waals surface area contributed by atoms with E-state index >= 15 is 0 Å². The van der Waals surface area contributed by atoms with Gasteiger partial charge >= 0.3 is 17.9 Å². The van der Waals surface area contributed by atoms with Gasteiger partial charge in [-0.25, -0.2) is 0 Å². The van der Waals surface area contributed by atoms with Gasteiger partial charge in [-0.2, -0.15) is 0 Å². The van der Waals surface area contributed by atoms with Crippen molar-refractivity contribution < 1.29 is 28.6 Å². The van der Waals surface area contributed by atoms with Crippen LogP contribution in [0.25, 0.3) is 0 Å². The molecule has 0 aromatic heterocycles. The molecule has 6 heteroatoms. The van der Waals surface area contributed by atoms with Crippen molar-refractivity contribution in [2.75, 3.05) is 13.2 Å². The Labute approximate surface area is 448 Å². The summed E-state index contributed by atoms with van der Waals surface area (Å²) in [6.45, 7) is 6.67. The summed E-state index contributed by atoms with van der Waals surface area (Å²) in [5.74, 6) is -0.853. The summed E-state index contributed by atoms with van der Waals surface area (Å²) >= 11 is 0. The van der Waals surface area contributed by atoms with E-state index in [0.717, 1.165) is 64.2 Å². The number of ether oxygens (including phenoxy) is 3. The van der Waals surface area contributed by atoms with Gasteiger partial charge in [-0.3, -0.25) is 14.4 Å². The van der Waals surface area contributed by atoms with Crippen LogP contribution < -0.4 is 0 Å². The number of carbonyl (C=O) groups excluding carboxylic acids is 3. The molecule has 1 unspecified atom stereocenters. The van der Waals surface area contributed by atoms with Crippen molar-refractivity contribution in [3.05, 3.63) is 36.5 Å². The molecule has 0 spiro atoms. The van der Waals surface area contributed by atoms with Crippen LogP contribution >= 0.6 is 0 Å². The first-order valence-corrected chi connectivity index (χ1v) is 32.0. The predicted octanol–water partition coefficient (Wildman–Crippen LogP) is 21.6. The number of hydrogen-bond donors (Lipinski definition) is 0. The van der Waals surface area contributed by atoms with Crippen LogP contribution in [0.1, 0.15) is 348 Å². The summed E-state index contributed by atoms with van der Waals surface area (Å²) in [7, 11) is 0. The molecular formula is C66H122O6. The van der Waals surface area contributed by atoms with E-state index in [-0.39, 0.29) is 31.1 Å². The highest BCUT2D eigenvalue weighted by molar-refractivity contribution is 5.71. The Bertz CT molecular complexity index is 1210. The maximum absolute atomic E-state index is 12.9. The summed E-state index contributed by atoms with van der Waals surface area (Å²) < 4.78 is 16.9. The molecule has 0 heterocycles. The lowest BCUT2D eigenvalue weighted by Crippen LogP contribution is -2.30. The maximum Gasteiger partial charge on any atom is 0.306 e. The van der Waals surface area contributed by atoms with Crippen molar-refractivity contribution in [2.24, 2.45) is 0 Å². The Balaban J connectivity index is 4.31. The van der Waals surface area contributed by atoms with E-state index in [2.05, 4.69) is 57.2 Å². The van der Waals surface area contributed by atoms with Crippen molar-refractivity contribution in [3.8, 4) is 0 Å². The third kappa shape index (κ3) is 58.5. The lowest BCUT2D eigenvalue weighted by atomic mass is 10.0. The fourth-order valence-corrected chi connectivity index (χ4v) is 9.53. The number of rotatable bonds is 59. The number of hydrogen-bond acceptors (Lipinski definition) is 6. The molecule has 6 nitrogen and oxygen atoms in total. The number of carbonyl (C=O) groups is 3. The lowest BCUT2D eigenvalue weighted by molar-refractivity contribution is -0.167. The normalized spacial score (nSPS) is 12.2. The van der Waals surface area contributed by atoms with E-state index in [1.807, 2.05) is 0 Å². The topological polar surface area (TPSA) is 78.9 Å². The van der Waals surface area contributed by atoms with Gasteiger partial charge in [-0.1, -0.05) is 288 Å². The summed E-state index contributed by atoms with van der Waals surface area (Å²) in [6, 6.07) is 0. The van der Waals surface area contributed by atoms with E-state index in [4.69, 9.17) is 14.2 Å². The van der Waals surface area contributed by atoms with Gasteiger partial charge in [0.05, 0.1) is 0 Å². The Morgan fingerprint density at radius 3 is 0.806 bits per heavy atom. The quantitative estimate of drug-likeness (QED) is 0.0261. The van der Waals surface area contributed by atoms with Gasteiger partial charge in [0.25, 0.3) is 0 Å². The average molecular weight is 1010 g/mol. The van der Waals surface area contributed by atoms with E-state index in [0.29, 0.717) is 19.3 Å². The molecule has 0 fully saturated rings. The molecule has 0 rings (SSSR count). The molecule has 0 aliphatic carbocycles. The molecule has 72 heavy (non-hydrogen) atoms. The highest BCUT2D eigenvalue weighted by atomic mass is 16.6. The fourth-order valence-electron chi connectivity index (χ4n) is 9.53. The molecule has 422 valence electrons. The summed E-state index contributed by atoms with van der Waals surface area (Å²) in [6.07, 6.45) is 74.3. The fraction of sp³-hybridized carbons (Fsp3) is 0.864. The zero-order valence-corrected chi connectivity index (χ0v) is 48.5. The maximum atomic E-state index is 12.9. The second-order valence-electron chi connectivity index (χ2n) is 21.7. The number of unbranched alkanes of at least 4 members (excludes halogenated alkanes) is 42. The van der Waals surface area contributed by atoms with Crippen LogP contribution in [-0.4, -0.2) is 37.2 Å². The molecule has 0 saturated carbocycles. The predicted molar refractivity (Wildman–Crippen MR) is 312 cm³/mol. The third-order valence-corrected chi connectivity index (χ3v) is 14.4. The highest BCUT2D eigenvalue weighted by Crippen LogP contribution is 2.17. The Morgan fingerprint density at radius 2 is 0.500 bits per heavy atom. The van der Waals surface area contributed by atoms with Crippen LogP contribution in [-0.2, 0) is 28.6 Å². The standard InChI is InChI=1S/C66H122O6/c1-4-7-10-13-16-19-22-25-28-30-32-33-35-36-38-41-44-47-50-53-56-59-65(68)71-62-63(61-70-64(67)58-55-52-49-46-43-40-27-24-21-18-15-12-9-6-3)72-66(69)60-57-54-51-48-45-42-39-37-34-31-29-26-23-20-17-14-11-8-5-2/h17,20,26,29-30,32,63H,4-16,18-19,21-25,27-28,31,33-62H2,1-3H3/b20-17-,29-26-,32-30-. The van der Waals surface area contributed by atoms with Gasteiger partial charge in [0.1, 0.15) is 13.2 Å². The minimum atomic E-state index is -0.773. The van der Waals surface area contributed by atoms with E-state index in [1.54, 1.807) is 0 Å². The Hall–Kier alpha value is -2.37. The Kier molecular flexibility index (Phi) is 59.2.